The number of hydrogen-bond donors (Lipinski definition) is 0. The summed E-state index contributed by atoms with van der Waals surface area (Å²) in [6.07, 6.45) is 0. The Kier molecular flexibility index (Phi) is 4.84. The molecule has 0 radical (unpaired) electrons. The van der Waals surface area contributed by atoms with Gasteiger partial charge in [0.05, 0.1) is 5.56 Å². The molecule has 3 heteroatoms. The predicted octanol–water partition coefficient (Wildman–Crippen LogP) is 5.99. The van der Waals surface area contributed by atoms with Crippen LogP contribution < -0.4 is 4.74 Å². The van der Waals surface area contributed by atoms with Crippen molar-refractivity contribution in [1.82, 2.24) is 0 Å². The summed E-state index contributed by atoms with van der Waals surface area (Å²) in [6, 6.07) is 30.6. The van der Waals surface area contributed by atoms with Crippen molar-refractivity contribution in [3.8, 4) is 11.5 Å². The van der Waals surface area contributed by atoms with Gasteiger partial charge in [0.1, 0.15) is 18.1 Å². The van der Waals surface area contributed by atoms with Gasteiger partial charge < -0.3 is 9.47 Å². The number of rotatable bonds is 5. The molecule has 0 N–H and O–H groups in total. The molecule has 0 fully saturated rings. The summed E-state index contributed by atoms with van der Waals surface area (Å²) in [5, 5.41) is 2.12. The second-order valence-corrected chi connectivity index (χ2v) is 6.20. The van der Waals surface area contributed by atoms with Gasteiger partial charge in [-0.05, 0) is 52.7 Å². The van der Waals surface area contributed by atoms with E-state index >= 15 is 0 Å². The maximum absolute atomic E-state index is 12.4. The fraction of sp³-hybridized carbons (Fsp3) is 0.0417. The molecule has 0 bridgehead atoms. The third kappa shape index (κ3) is 4.15. The van der Waals surface area contributed by atoms with Gasteiger partial charge in [-0.3, -0.25) is 0 Å². The lowest BCUT2D eigenvalue weighted by Gasteiger charge is -2.09. The highest BCUT2D eigenvalue weighted by Crippen LogP contribution is 2.22. The van der Waals surface area contributed by atoms with E-state index < -0.39 is 0 Å². The van der Waals surface area contributed by atoms with E-state index in [-0.39, 0.29) is 12.6 Å². The van der Waals surface area contributed by atoms with E-state index in [9.17, 15) is 4.79 Å². The molecule has 4 aromatic rings. The van der Waals surface area contributed by atoms with Gasteiger partial charge in [-0.2, -0.15) is 0 Å². The van der Waals surface area contributed by atoms with E-state index in [4.69, 9.17) is 9.47 Å². The van der Waals surface area contributed by atoms with Crippen molar-refractivity contribution in [2.24, 2.45) is 0 Å². The van der Waals surface area contributed by atoms with Gasteiger partial charge >= 0.3 is 5.97 Å². The van der Waals surface area contributed by atoms with Crippen molar-refractivity contribution < 1.29 is 14.3 Å². The number of fused-ring (bicyclic) bond motifs is 1. The Balaban J connectivity index is 1.43. The summed E-state index contributed by atoms with van der Waals surface area (Å²) in [6.45, 7) is 0.192. The molecule has 0 atom stereocenters. The van der Waals surface area contributed by atoms with Gasteiger partial charge in [-0.25, -0.2) is 4.79 Å². The van der Waals surface area contributed by atoms with Crippen LogP contribution in [0.4, 0.5) is 0 Å². The summed E-state index contributed by atoms with van der Waals surface area (Å²) in [5.74, 6) is 1.14. The van der Waals surface area contributed by atoms with E-state index in [1.807, 2.05) is 91.0 Å². The normalized spacial score (nSPS) is 10.5. The average Bonchev–Trinajstić information content (AvgIpc) is 2.73. The molecule has 3 nitrogen and oxygen atoms in total. The van der Waals surface area contributed by atoms with Crippen LogP contribution in [0.1, 0.15) is 15.9 Å². The lowest BCUT2D eigenvalue weighted by molar-refractivity contribution is 0.0472. The highest BCUT2D eigenvalue weighted by molar-refractivity contribution is 5.95. The lowest BCUT2D eigenvalue weighted by Crippen LogP contribution is -2.05. The Morgan fingerprint density at radius 3 is 2.26 bits per heavy atom. The molecule has 0 aliphatic rings. The van der Waals surface area contributed by atoms with Gasteiger partial charge in [-0.15, -0.1) is 0 Å². The van der Waals surface area contributed by atoms with Crippen molar-refractivity contribution >= 4 is 16.7 Å². The Labute approximate surface area is 157 Å². The molecule has 0 aromatic heterocycles. The van der Waals surface area contributed by atoms with E-state index in [0.717, 1.165) is 22.1 Å². The number of esters is 1. The minimum absolute atomic E-state index is 0.192. The average molecular weight is 354 g/mol. The number of benzene rings is 4. The first-order valence-electron chi connectivity index (χ1n) is 8.76. The minimum Gasteiger partial charge on any atom is -0.457 e. The second kappa shape index (κ2) is 7.75. The van der Waals surface area contributed by atoms with E-state index in [1.54, 1.807) is 6.07 Å². The maximum Gasteiger partial charge on any atom is 0.338 e. The third-order valence-electron chi connectivity index (χ3n) is 4.23. The summed E-state index contributed by atoms with van der Waals surface area (Å²) >= 11 is 0. The van der Waals surface area contributed by atoms with Gasteiger partial charge in [0.2, 0.25) is 0 Å². The molecule has 4 rings (SSSR count). The first kappa shape index (κ1) is 16.9. The zero-order valence-corrected chi connectivity index (χ0v) is 14.7. The van der Waals surface area contributed by atoms with Crippen LogP contribution in [0.25, 0.3) is 10.8 Å². The van der Waals surface area contributed by atoms with Crippen LogP contribution in [0.15, 0.2) is 97.1 Å². The van der Waals surface area contributed by atoms with Crippen LogP contribution in [-0.4, -0.2) is 5.97 Å². The molecule has 0 saturated carbocycles. The predicted molar refractivity (Wildman–Crippen MR) is 106 cm³/mol. The number of para-hydroxylation sites is 1. The molecule has 0 aliphatic carbocycles. The number of ether oxygens (including phenoxy) is 2. The Hall–Kier alpha value is -3.59. The van der Waals surface area contributed by atoms with E-state index in [1.165, 1.54) is 0 Å². The fourth-order valence-corrected chi connectivity index (χ4v) is 2.87. The van der Waals surface area contributed by atoms with Crippen LogP contribution in [0.2, 0.25) is 0 Å². The summed E-state index contributed by atoms with van der Waals surface area (Å²) in [7, 11) is 0. The summed E-state index contributed by atoms with van der Waals surface area (Å²) in [4.78, 5) is 12.4. The molecular weight excluding hydrogens is 336 g/mol. The molecule has 0 spiro atoms. The SMILES string of the molecule is O=C(OCc1cccc(Oc2ccccc2)c1)c1ccc2ccccc2c1. The van der Waals surface area contributed by atoms with Crippen molar-refractivity contribution in [2.75, 3.05) is 0 Å². The molecule has 4 aromatic carbocycles. The van der Waals surface area contributed by atoms with Crippen LogP contribution in [0.5, 0.6) is 11.5 Å². The zero-order chi connectivity index (χ0) is 18.5. The highest BCUT2D eigenvalue weighted by atomic mass is 16.5. The number of carbonyl (C=O) groups is 1. The molecule has 0 unspecified atom stereocenters. The monoisotopic (exact) mass is 354 g/mol. The summed E-state index contributed by atoms with van der Waals surface area (Å²) < 4.78 is 11.3. The van der Waals surface area contributed by atoms with Gasteiger partial charge in [0, 0.05) is 0 Å². The van der Waals surface area contributed by atoms with Gasteiger partial charge in [-0.1, -0.05) is 60.7 Å². The number of carbonyl (C=O) groups excluding carboxylic acids is 1. The lowest BCUT2D eigenvalue weighted by atomic mass is 10.1. The van der Waals surface area contributed by atoms with Crippen LogP contribution in [0.3, 0.4) is 0 Å². The molecular formula is C24H18O3. The third-order valence-corrected chi connectivity index (χ3v) is 4.23. The standard InChI is InChI=1S/C24H18O3/c25-24(21-14-13-19-8-4-5-9-20(19)16-21)26-17-18-7-6-12-23(15-18)27-22-10-2-1-3-11-22/h1-16H,17H2. The smallest absolute Gasteiger partial charge is 0.338 e. The molecule has 0 heterocycles. The second-order valence-electron chi connectivity index (χ2n) is 6.20. The van der Waals surface area contributed by atoms with Crippen molar-refractivity contribution in [2.45, 2.75) is 6.61 Å². The van der Waals surface area contributed by atoms with Crippen molar-refractivity contribution in [3.63, 3.8) is 0 Å². The van der Waals surface area contributed by atoms with Crippen LogP contribution >= 0.6 is 0 Å². The fourth-order valence-electron chi connectivity index (χ4n) is 2.87. The van der Waals surface area contributed by atoms with Gasteiger partial charge in [0.15, 0.2) is 0 Å². The van der Waals surface area contributed by atoms with E-state index in [0.29, 0.717) is 11.3 Å². The topological polar surface area (TPSA) is 35.5 Å². The molecule has 0 aliphatic heterocycles. The van der Waals surface area contributed by atoms with Gasteiger partial charge in [0.25, 0.3) is 0 Å². The highest BCUT2D eigenvalue weighted by Gasteiger charge is 2.09. The molecule has 0 amide bonds. The van der Waals surface area contributed by atoms with E-state index in [2.05, 4.69) is 0 Å². The largest absolute Gasteiger partial charge is 0.457 e. The zero-order valence-electron chi connectivity index (χ0n) is 14.7. The first-order valence-corrected chi connectivity index (χ1v) is 8.76. The molecule has 0 saturated heterocycles. The Morgan fingerprint density at radius 1 is 0.667 bits per heavy atom. The van der Waals surface area contributed by atoms with Crippen molar-refractivity contribution in [1.29, 1.82) is 0 Å². The Bertz CT molecular complexity index is 1070. The minimum atomic E-state index is -0.338. The molecule has 132 valence electrons. The Morgan fingerprint density at radius 2 is 1.41 bits per heavy atom. The molecule has 27 heavy (non-hydrogen) atoms. The maximum atomic E-state index is 12.4. The van der Waals surface area contributed by atoms with Crippen LogP contribution in [0, 0.1) is 0 Å². The number of hydrogen-bond acceptors (Lipinski definition) is 3. The van der Waals surface area contributed by atoms with Crippen molar-refractivity contribution in [3.05, 3.63) is 108 Å². The first-order chi connectivity index (χ1) is 13.3. The summed E-state index contributed by atoms with van der Waals surface area (Å²) in [5.41, 5.74) is 1.42. The van der Waals surface area contributed by atoms with Crippen LogP contribution in [-0.2, 0) is 11.3 Å². The quantitative estimate of drug-likeness (QED) is 0.413.